The van der Waals surface area contributed by atoms with Crippen LogP contribution in [0.5, 0.6) is 0 Å². The largest absolute Gasteiger partial charge is 0.468 e. The molecule has 0 aliphatic carbocycles. The molecule has 0 aromatic carbocycles. The first-order valence-corrected chi connectivity index (χ1v) is 8.02. The Morgan fingerprint density at radius 2 is 1.74 bits per heavy atom. The minimum absolute atomic E-state index is 0.306. The molecule has 1 unspecified atom stereocenters. The van der Waals surface area contributed by atoms with E-state index in [2.05, 4.69) is 41.3 Å². The summed E-state index contributed by atoms with van der Waals surface area (Å²) in [5.41, 5.74) is 0. The van der Waals surface area contributed by atoms with Gasteiger partial charge in [0.2, 0.25) is 0 Å². The Balaban J connectivity index is 2.68. The summed E-state index contributed by atoms with van der Waals surface area (Å²) in [7, 11) is 2.52. The van der Waals surface area contributed by atoms with Crippen molar-refractivity contribution in [3.8, 4) is 0 Å². The Labute approximate surface area is 129 Å². The minimum atomic E-state index is -0.938. The van der Waals surface area contributed by atoms with Crippen molar-refractivity contribution in [1.82, 2.24) is 0 Å². The van der Waals surface area contributed by atoms with Crippen LogP contribution < -0.4 is 0 Å². The molecule has 1 heterocycles. The van der Waals surface area contributed by atoms with E-state index < -0.39 is 17.9 Å². The van der Waals surface area contributed by atoms with Crippen LogP contribution in [0.25, 0.3) is 0 Å². The third-order valence-corrected chi connectivity index (χ3v) is 5.06. The molecule has 1 aliphatic rings. The second-order valence-electron chi connectivity index (χ2n) is 4.49. The standard InChI is InChI=1S/C12H18Br2O5/c1-17-11(15)10(12(16)18-2)9(14)3-7-5-19-6-8(7)4-13/h7-10H,3-6H2,1-2H3/t7-,8+,9?/m0/s1. The van der Waals surface area contributed by atoms with E-state index in [4.69, 9.17) is 4.74 Å². The Morgan fingerprint density at radius 1 is 1.21 bits per heavy atom. The molecule has 19 heavy (non-hydrogen) atoms. The summed E-state index contributed by atoms with van der Waals surface area (Å²) in [5, 5.41) is 0.846. The fourth-order valence-corrected chi connectivity index (χ4v) is 3.77. The summed E-state index contributed by atoms with van der Waals surface area (Å²) in [4.78, 5) is 23.1. The van der Waals surface area contributed by atoms with Crippen molar-refractivity contribution in [2.75, 3.05) is 32.8 Å². The average molecular weight is 402 g/mol. The van der Waals surface area contributed by atoms with Gasteiger partial charge < -0.3 is 14.2 Å². The van der Waals surface area contributed by atoms with Crippen LogP contribution in [0.4, 0.5) is 0 Å². The highest BCUT2D eigenvalue weighted by Gasteiger charge is 2.39. The van der Waals surface area contributed by atoms with Crippen LogP contribution >= 0.6 is 31.9 Å². The van der Waals surface area contributed by atoms with E-state index in [9.17, 15) is 9.59 Å². The summed E-state index contributed by atoms with van der Waals surface area (Å²) in [5.74, 6) is -1.39. The van der Waals surface area contributed by atoms with Gasteiger partial charge in [0, 0.05) is 16.8 Å². The first-order valence-electron chi connectivity index (χ1n) is 5.98. The number of hydrogen-bond acceptors (Lipinski definition) is 5. The predicted molar refractivity (Wildman–Crippen MR) is 76.4 cm³/mol. The van der Waals surface area contributed by atoms with E-state index in [0.29, 0.717) is 31.5 Å². The summed E-state index contributed by atoms with van der Waals surface area (Å²) >= 11 is 6.87. The Hall–Kier alpha value is -0.140. The van der Waals surface area contributed by atoms with E-state index in [-0.39, 0.29) is 4.83 Å². The van der Waals surface area contributed by atoms with Gasteiger partial charge in [0.1, 0.15) is 0 Å². The topological polar surface area (TPSA) is 61.8 Å². The van der Waals surface area contributed by atoms with Crippen LogP contribution in [-0.4, -0.2) is 49.5 Å². The summed E-state index contributed by atoms with van der Waals surface area (Å²) in [6.45, 7) is 1.35. The van der Waals surface area contributed by atoms with E-state index in [1.807, 2.05) is 0 Å². The van der Waals surface area contributed by atoms with Crippen molar-refractivity contribution in [3.63, 3.8) is 0 Å². The summed E-state index contributed by atoms with van der Waals surface area (Å²) in [6.07, 6.45) is 0.658. The average Bonchev–Trinajstić information content (AvgIpc) is 2.85. The van der Waals surface area contributed by atoms with E-state index in [1.54, 1.807) is 0 Å². The molecule has 0 aromatic rings. The zero-order chi connectivity index (χ0) is 14.4. The lowest BCUT2D eigenvalue weighted by Crippen LogP contribution is -2.35. The zero-order valence-corrected chi connectivity index (χ0v) is 14.1. The van der Waals surface area contributed by atoms with Gasteiger partial charge in [0.15, 0.2) is 5.92 Å². The van der Waals surface area contributed by atoms with Crippen molar-refractivity contribution in [2.45, 2.75) is 11.2 Å². The molecule has 0 bridgehead atoms. The number of carbonyl (C=O) groups excluding carboxylic acids is 2. The third kappa shape index (κ3) is 4.43. The molecule has 1 aliphatic heterocycles. The smallest absolute Gasteiger partial charge is 0.321 e. The minimum Gasteiger partial charge on any atom is -0.468 e. The monoisotopic (exact) mass is 400 g/mol. The number of rotatable bonds is 6. The first-order chi connectivity index (χ1) is 9.04. The number of esters is 2. The van der Waals surface area contributed by atoms with E-state index >= 15 is 0 Å². The molecule has 0 amide bonds. The van der Waals surface area contributed by atoms with Gasteiger partial charge in [0.05, 0.1) is 20.8 Å². The highest BCUT2D eigenvalue weighted by molar-refractivity contribution is 9.09. The number of halogens is 2. The van der Waals surface area contributed by atoms with Gasteiger partial charge in [-0.15, -0.1) is 0 Å². The number of carbonyl (C=O) groups is 2. The zero-order valence-electron chi connectivity index (χ0n) is 10.9. The van der Waals surface area contributed by atoms with Crippen LogP contribution in [0.15, 0.2) is 0 Å². The molecular formula is C12H18Br2O5. The van der Waals surface area contributed by atoms with Gasteiger partial charge in [-0.1, -0.05) is 31.9 Å². The van der Waals surface area contributed by atoms with E-state index in [0.717, 1.165) is 5.33 Å². The van der Waals surface area contributed by atoms with Crippen molar-refractivity contribution in [3.05, 3.63) is 0 Å². The van der Waals surface area contributed by atoms with Crippen molar-refractivity contribution >= 4 is 43.8 Å². The highest BCUT2D eigenvalue weighted by atomic mass is 79.9. The summed E-state index contributed by atoms with van der Waals surface area (Å²) in [6, 6.07) is 0. The van der Waals surface area contributed by atoms with Crippen molar-refractivity contribution in [2.24, 2.45) is 17.8 Å². The second kappa shape index (κ2) is 8.21. The molecule has 1 saturated heterocycles. The van der Waals surface area contributed by atoms with Gasteiger partial charge in [-0.05, 0) is 18.3 Å². The van der Waals surface area contributed by atoms with Crippen molar-refractivity contribution in [1.29, 1.82) is 0 Å². The van der Waals surface area contributed by atoms with Gasteiger partial charge in [-0.2, -0.15) is 0 Å². The molecule has 0 radical (unpaired) electrons. The molecule has 3 atom stereocenters. The molecule has 1 fully saturated rings. The van der Waals surface area contributed by atoms with Crippen molar-refractivity contribution < 1.29 is 23.8 Å². The van der Waals surface area contributed by atoms with Gasteiger partial charge in [-0.25, -0.2) is 0 Å². The van der Waals surface area contributed by atoms with E-state index in [1.165, 1.54) is 14.2 Å². The second-order valence-corrected chi connectivity index (χ2v) is 6.31. The van der Waals surface area contributed by atoms with Gasteiger partial charge >= 0.3 is 11.9 Å². The number of methoxy groups -OCH3 is 2. The molecule has 0 N–H and O–H groups in total. The molecule has 1 rings (SSSR count). The van der Waals surface area contributed by atoms with Crippen LogP contribution in [0.2, 0.25) is 0 Å². The molecular weight excluding hydrogens is 384 g/mol. The molecule has 0 saturated carbocycles. The lowest BCUT2D eigenvalue weighted by Gasteiger charge is -2.22. The third-order valence-electron chi connectivity index (χ3n) is 3.33. The maximum absolute atomic E-state index is 11.7. The molecule has 7 heteroatoms. The molecule has 0 spiro atoms. The van der Waals surface area contributed by atoms with Crippen LogP contribution in [0, 0.1) is 17.8 Å². The number of alkyl halides is 2. The van der Waals surface area contributed by atoms with Gasteiger partial charge in [-0.3, -0.25) is 9.59 Å². The Morgan fingerprint density at radius 3 is 2.21 bits per heavy atom. The number of hydrogen-bond donors (Lipinski definition) is 0. The number of ether oxygens (including phenoxy) is 3. The molecule has 0 aromatic heterocycles. The highest BCUT2D eigenvalue weighted by Crippen LogP contribution is 2.32. The fraction of sp³-hybridized carbons (Fsp3) is 0.833. The maximum Gasteiger partial charge on any atom is 0.321 e. The maximum atomic E-state index is 11.7. The molecule has 110 valence electrons. The lowest BCUT2D eigenvalue weighted by molar-refractivity contribution is -0.158. The van der Waals surface area contributed by atoms with Gasteiger partial charge in [0.25, 0.3) is 0 Å². The molecule has 5 nitrogen and oxygen atoms in total. The quantitative estimate of drug-likeness (QED) is 0.385. The normalized spacial score (nSPS) is 24.3. The van der Waals surface area contributed by atoms with Crippen LogP contribution in [-0.2, 0) is 23.8 Å². The Bertz CT molecular complexity index is 307. The van der Waals surface area contributed by atoms with Crippen LogP contribution in [0.1, 0.15) is 6.42 Å². The first kappa shape index (κ1) is 16.9. The fourth-order valence-electron chi connectivity index (χ4n) is 2.14. The van der Waals surface area contributed by atoms with Crippen LogP contribution in [0.3, 0.4) is 0 Å². The summed E-state index contributed by atoms with van der Waals surface area (Å²) < 4.78 is 14.8. The lowest BCUT2D eigenvalue weighted by atomic mass is 9.89. The predicted octanol–water partition coefficient (Wildman–Crippen LogP) is 1.76. The Kier molecular flexibility index (Phi) is 7.31. The SMILES string of the molecule is COC(=O)C(C(=O)OC)C(Br)C[C@H]1COC[C@H]1CBr.